The van der Waals surface area contributed by atoms with E-state index >= 15 is 0 Å². The van der Waals surface area contributed by atoms with Crippen LogP contribution >= 0.6 is 11.3 Å². The number of anilines is 1. The van der Waals surface area contributed by atoms with Crippen molar-refractivity contribution in [3.63, 3.8) is 0 Å². The molecule has 2 aromatic carbocycles. The Morgan fingerprint density at radius 1 is 1.03 bits per heavy atom. The van der Waals surface area contributed by atoms with Crippen LogP contribution in [0.25, 0.3) is 6.08 Å². The molecule has 1 heterocycles. The highest BCUT2D eigenvalue weighted by atomic mass is 32.1. The Bertz CT molecular complexity index is 1310. The molecule has 10 heteroatoms. The minimum atomic E-state index is -0.530. The third kappa shape index (κ3) is 7.94. The number of carbonyl (C=O) groups is 1. The minimum Gasteiger partial charge on any atom is -0.497 e. The Morgan fingerprint density at radius 3 is 2.49 bits per heavy atom. The largest absolute Gasteiger partial charge is 0.497 e. The zero-order valence-corrected chi connectivity index (χ0v) is 23.0. The molecule has 1 aromatic heterocycles. The lowest BCUT2D eigenvalue weighted by molar-refractivity contribution is -0.112. The van der Waals surface area contributed by atoms with Gasteiger partial charge in [0.15, 0.2) is 11.5 Å². The summed E-state index contributed by atoms with van der Waals surface area (Å²) in [6.45, 7) is 2.94. The van der Waals surface area contributed by atoms with Gasteiger partial charge in [0.2, 0.25) is 5.13 Å². The number of nitriles is 1. The van der Waals surface area contributed by atoms with E-state index < -0.39 is 5.91 Å². The highest BCUT2D eigenvalue weighted by Crippen LogP contribution is 2.35. The molecule has 0 radical (unpaired) electrons. The average molecular weight is 549 g/mol. The van der Waals surface area contributed by atoms with Crippen LogP contribution < -0.4 is 24.3 Å². The third-order valence-electron chi connectivity index (χ3n) is 6.23. The summed E-state index contributed by atoms with van der Waals surface area (Å²) in [6, 6.07) is 14.5. The predicted octanol–water partition coefficient (Wildman–Crippen LogP) is 6.00. The van der Waals surface area contributed by atoms with Crippen molar-refractivity contribution in [2.24, 2.45) is 0 Å². The van der Waals surface area contributed by atoms with Gasteiger partial charge in [-0.25, -0.2) is 0 Å². The smallest absolute Gasteiger partial charge is 0.268 e. The lowest BCUT2D eigenvalue weighted by atomic mass is 9.90. The van der Waals surface area contributed by atoms with Crippen molar-refractivity contribution in [1.29, 1.82) is 5.26 Å². The molecular weight excluding hydrogens is 516 g/mol. The number of hydrogen-bond donors (Lipinski definition) is 1. The molecule has 0 aliphatic heterocycles. The molecule has 3 aromatic rings. The van der Waals surface area contributed by atoms with Crippen molar-refractivity contribution in [1.82, 2.24) is 10.2 Å². The zero-order chi connectivity index (χ0) is 27.5. The summed E-state index contributed by atoms with van der Waals surface area (Å²) in [5, 5.41) is 22.1. The van der Waals surface area contributed by atoms with Crippen molar-refractivity contribution in [2.45, 2.75) is 44.9 Å². The monoisotopic (exact) mass is 548 g/mol. The van der Waals surface area contributed by atoms with E-state index in [0.29, 0.717) is 53.7 Å². The Labute approximate surface area is 232 Å². The van der Waals surface area contributed by atoms with Gasteiger partial charge in [0.25, 0.3) is 5.91 Å². The summed E-state index contributed by atoms with van der Waals surface area (Å²) in [7, 11) is 1.61. The maximum Gasteiger partial charge on any atom is 0.268 e. The molecule has 0 unspecified atom stereocenters. The average Bonchev–Trinajstić information content (AvgIpc) is 3.44. The SMILES string of the molecule is CCOc1cc(/C=C(/C#N)C(=O)Nc2nnc(C3CCCCC3)s2)ccc1OCCOc1ccc(OC)cc1. The van der Waals surface area contributed by atoms with Gasteiger partial charge in [-0.2, -0.15) is 5.26 Å². The molecule has 1 N–H and O–H groups in total. The maximum atomic E-state index is 12.8. The normalized spacial score (nSPS) is 13.8. The summed E-state index contributed by atoms with van der Waals surface area (Å²) < 4.78 is 22.5. The van der Waals surface area contributed by atoms with Crippen LogP contribution in [0.4, 0.5) is 5.13 Å². The molecule has 0 bridgehead atoms. The Kier molecular flexibility index (Phi) is 10.1. The summed E-state index contributed by atoms with van der Waals surface area (Å²) in [6.07, 6.45) is 7.35. The predicted molar refractivity (Wildman–Crippen MR) is 150 cm³/mol. The first-order valence-electron chi connectivity index (χ1n) is 13.0. The molecule has 0 spiro atoms. The fourth-order valence-corrected chi connectivity index (χ4v) is 5.17. The number of nitrogens with zero attached hydrogens (tertiary/aromatic N) is 3. The van der Waals surface area contributed by atoms with Crippen molar-refractivity contribution in [3.8, 4) is 29.1 Å². The van der Waals surface area contributed by atoms with Gasteiger partial charge in [-0.3, -0.25) is 10.1 Å². The number of rotatable bonds is 12. The Balaban J connectivity index is 1.36. The van der Waals surface area contributed by atoms with Crippen molar-refractivity contribution in [2.75, 3.05) is 32.2 Å². The molecule has 1 saturated carbocycles. The molecule has 39 heavy (non-hydrogen) atoms. The summed E-state index contributed by atoms with van der Waals surface area (Å²) in [4.78, 5) is 12.8. The van der Waals surface area contributed by atoms with E-state index in [9.17, 15) is 10.1 Å². The number of carbonyl (C=O) groups excluding carboxylic acids is 1. The molecule has 0 atom stereocenters. The third-order valence-corrected chi connectivity index (χ3v) is 7.23. The molecule has 204 valence electrons. The minimum absolute atomic E-state index is 0.0478. The van der Waals surface area contributed by atoms with E-state index in [-0.39, 0.29) is 5.57 Å². The van der Waals surface area contributed by atoms with E-state index in [1.807, 2.05) is 37.3 Å². The number of methoxy groups -OCH3 is 1. The van der Waals surface area contributed by atoms with E-state index in [2.05, 4.69) is 15.5 Å². The van der Waals surface area contributed by atoms with Crippen LogP contribution in [0, 0.1) is 11.3 Å². The van der Waals surface area contributed by atoms with Gasteiger partial charge >= 0.3 is 0 Å². The van der Waals surface area contributed by atoms with Gasteiger partial charge in [0.1, 0.15) is 41.4 Å². The fourth-order valence-electron chi connectivity index (χ4n) is 4.26. The Morgan fingerprint density at radius 2 is 1.77 bits per heavy atom. The molecule has 1 amide bonds. The van der Waals surface area contributed by atoms with E-state index in [0.717, 1.165) is 23.6 Å². The second-order valence-corrected chi connectivity index (χ2v) is 9.93. The van der Waals surface area contributed by atoms with Gasteiger partial charge in [0.05, 0.1) is 13.7 Å². The lowest BCUT2D eigenvalue weighted by Gasteiger charge is -2.18. The number of ether oxygens (including phenoxy) is 4. The van der Waals surface area contributed by atoms with Gasteiger partial charge in [-0.15, -0.1) is 10.2 Å². The topological polar surface area (TPSA) is 116 Å². The molecule has 0 saturated heterocycles. The first-order valence-corrected chi connectivity index (χ1v) is 13.8. The van der Waals surface area contributed by atoms with E-state index in [1.165, 1.54) is 36.7 Å². The zero-order valence-electron chi connectivity index (χ0n) is 22.1. The first kappa shape index (κ1) is 27.9. The maximum absolute atomic E-state index is 12.8. The number of aromatic nitrogens is 2. The number of nitrogens with one attached hydrogen (secondary N) is 1. The van der Waals surface area contributed by atoms with Crippen LogP contribution in [0.3, 0.4) is 0 Å². The van der Waals surface area contributed by atoms with Crippen molar-refractivity contribution in [3.05, 3.63) is 58.6 Å². The number of benzene rings is 2. The number of amides is 1. The first-order chi connectivity index (χ1) is 19.1. The highest BCUT2D eigenvalue weighted by Gasteiger charge is 2.21. The molecule has 1 aliphatic carbocycles. The highest BCUT2D eigenvalue weighted by molar-refractivity contribution is 7.15. The Hall–Kier alpha value is -4.10. The van der Waals surface area contributed by atoms with Crippen LogP contribution in [0.1, 0.15) is 55.5 Å². The van der Waals surface area contributed by atoms with Gasteiger partial charge in [0, 0.05) is 5.92 Å². The second-order valence-electron chi connectivity index (χ2n) is 8.92. The van der Waals surface area contributed by atoms with Crippen LogP contribution in [0.2, 0.25) is 0 Å². The van der Waals surface area contributed by atoms with Gasteiger partial charge < -0.3 is 18.9 Å². The van der Waals surface area contributed by atoms with Gasteiger partial charge in [-0.05, 0) is 67.8 Å². The van der Waals surface area contributed by atoms with Gasteiger partial charge in [-0.1, -0.05) is 36.7 Å². The molecule has 4 rings (SSSR count). The molecule has 9 nitrogen and oxygen atoms in total. The lowest BCUT2D eigenvalue weighted by Crippen LogP contribution is -2.13. The van der Waals surface area contributed by atoms with Crippen LogP contribution in [0.5, 0.6) is 23.0 Å². The molecule has 1 aliphatic rings. The molecular formula is C29H32N4O5S. The van der Waals surface area contributed by atoms with Crippen LogP contribution in [0.15, 0.2) is 48.0 Å². The summed E-state index contributed by atoms with van der Waals surface area (Å²) in [5.74, 6) is 2.40. The standard InChI is InChI=1S/C29H32N4O5S/c1-3-36-26-18-20(9-14-25(26)38-16-15-37-24-12-10-23(35-2)11-13-24)17-22(19-30)27(34)31-29-33-32-28(39-29)21-7-5-4-6-8-21/h9-14,17-18,21H,3-8,15-16H2,1-2H3,(H,31,33,34)/b22-17-. The van der Waals surface area contributed by atoms with Crippen LogP contribution in [-0.4, -0.2) is 43.0 Å². The van der Waals surface area contributed by atoms with Crippen molar-refractivity contribution >= 4 is 28.5 Å². The van der Waals surface area contributed by atoms with E-state index in [1.54, 1.807) is 25.3 Å². The number of hydrogen-bond acceptors (Lipinski definition) is 9. The molecule has 1 fully saturated rings. The van der Waals surface area contributed by atoms with E-state index in [4.69, 9.17) is 18.9 Å². The van der Waals surface area contributed by atoms with Crippen molar-refractivity contribution < 1.29 is 23.7 Å². The summed E-state index contributed by atoms with van der Waals surface area (Å²) in [5.41, 5.74) is 0.584. The van der Waals surface area contributed by atoms with Crippen LogP contribution in [-0.2, 0) is 4.79 Å². The second kappa shape index (κ2) is 14.2. The fraction of sp³-hybridized carbons (Fsp3) is 0.379. The summed E-state index contributed by atoms with van der Waals surface area (Å²) >= 11 is 1.38. The quantitative estimate of drug-likeness (QED) is 0.167.